The summed E-state index contributed by atoms with van der Waals surface area (Å²) in [6.45, 7) is 5.04. The van der Waals surface area contributed by atoms with E-state index >= 15 is 0 Å². The first-order chi connectivity index (χ1) is 9.74. The predicted molar refractivity (Wildman–Crippen MR) is 88.1 cm³/mol. The van der Waals surface area contributed by atoms with Crippen LogP contribution in [0.3, 0.4) is 0 Å². The molecule has 0 spiro atoms. The normalized spacial score (nSPS) is 17.6. The average molecular weight is 282 g/mol. The molecule has 0 aromatic heterocycles. The van der Waals surface area contributed by atoms with Gasteiger partial charge in [0.1, 0.15) is 0 Å². The molecule has 118 valence electrons. The van der Waals surface area contributed by atoms with Crippen molar-refractivity contribution in [1.82, 2.24) is 10.2 Å². The molecule has 0 aromatic carbocycles. The van der Waals surface area contributed by atoms with Gasteiger partial charge >= 0.3 is 0 Å². The third-order valence-corrected chi connectivity index (χ3v) is 4.26. The third-order valence-electron chi connectivity index (χ3n) is 4.26. The number of guanidine groups is 1. The zero-order valence-electron chi connectivity index (χ0n) is 13.5. The zero-order valence-corrected chi connectivity index (χ0v) is 13.5. The second kappa shape index (κ2) is 11.0. The largest absolute Gasteiger partial charge is 0.370 e. The highest BCUT2D eigenvalue weighted by atomic mass is 15.2. The zero-order chi connectivity index (χ0) is 14.6. The summed E-state index contributed by atoms with van der Waals surface area (Å²) in [7, 11) is 2.23. The number of nitrogens with zero attached hydrogens (tertiary/aromatic N) is 2. The Kier molecular flexibility index (Phi) is 9.46. The quantitative estimate of drug-likeness (QED) is 0.388. The van der Waals surface area contributed by atoms with Gasteiger partial charge in [0, 0.05) is 25.7 Å². The number of nitrogens with two attached hydrogens (primary N) is 1. The molecule has 20 heavy (non-hydrogen) atoms. The number of nitrogens with one attached hydrogen (secondary N) is 1. The second-order valence-corrected chi connectivity index (χ2v) is 6.03. The molecule has 1 saturated carbocycles. The molecule has 0 aromatic rings. The molecule has 1 aliphatic rings. The van der Waals surface area contributed by atoms with Crippen LogP contribution in [0.25, 0.3) is 0 Å². The van der Waals surface area contributed by atoms with Crippen LogP contribution in [0.2, 0.25) is 0 Å². The van der Waals surface area contributed by atoms with Gasteiger partial charge in [-0.05, 0) is 26.3 Å². The SMILES string of the molecule is CCCCCCN=C(N)NCCN(C)C1CCCCC1. The van der Waals surface area contributed by atoms with E-state index in [1.165, 1.54) is 51.4 Å². The lowest BCUT2D eigenvalue weighted by Crippen LogP contribution is -2.41. The maximum Gasteiger partial charge on any atom is 0.188 e. The fourth-order valence-corrected chi connectivity index (χ4v) is 2.86. The molecule has 0 heterocycles. The van der Waals surface area contributed by atoms with E-state index in [2.05, 4.69) is 29.2 Å². The molecule has 1 aliphatic carbocycles. The minimum atomic E-state index is 0.610. The summed E-state index contributed by atoms with van der Waals surface area (Å²) in [5.41, 5.74) is 5.87. The van der Waals surface area contributed by atoms with Crippen LogP contribution in [0.15, 0.2) is 4.99 Å². The van der Waals surface area contributed by atoms with Crippen molar-refractivity contribution in [3.05, 3.63) is 0 Å². The van der Waals surface area contributed by atoms with Crippen molar-refractivity contribution in [3.63, 3.8) is 0 Å². The molecule has 4 nitrogen and oxygen atoms in total. The fourth-order valence-electron chi connectivity index (χ4n) is 2.86. The van der Waals surface area contributed by atoms with Crippen LogP contribution in [0.5, 0.6) is 0 Å². The summed E-state index contributed by atoms with van der Waals surface area (Å²) in [6.07, 6.45) is 11.9. The molecule has 3 N–H and O–H groups in total. The first-order valence-electron chi connectivity index (χ1n) is 8.48. The maximum absolute atomic E-state index is 5.87. The molecule has 1 rings (SSSR count). The minimum absolute atomic E-state index is 0.610. The van der Waals surface area contributed by atoms with Gasteiger partial charge in [-0.25, -0.2) is 0 Å². The van der Waals surface area contributed by atoms with Gasteiger partial charge in [0.05, 0.1) is 0 Å². The van der Waals surface area contributed by atoms with Crippen molar-refractivity contribution in [1.29, 1.82) is 0 Å². The summed E-state index contributed by atoms with van der Waals surface area (Å²) in [5, 5.41) is 3.23. The fraction of sp³-hybridized carbons (Fsp3) is 0.938. The number of rotatable bonds is 9. The van der Waals surface area contributed by atoms with Crippen molar-refractivity contribution in [2.45, 2.75) is 70.8 Å². The van der Waals surface area contributed by atoms with Crippen molar-refractivity contribution in [2.75, 3.05) is 26.7 Å². The molecule has 0 radical (unpaired) electrons. The lowest BCUT2D eigenvalue weighted by Gasteiger charge is -2.31. The third kappa shape index (κ3) is 7.73. The van der Waals surface area contributed by atoms with E-state index in [1.807, 2.05) is 0 Å². The van der Waals surface area contributed by atoms with E-state index < -0.39 is 0 Å². The number of hydrogen-bond acceptors (Lipinski definition) is 2. The molecule has 0 amide bonds. The monoisotopic (exact) mass is 282 g/mol. The van der Waals surface area contributed by atoms with Crippen molar-refractivity contribution < 1.29 is 0 Å². The molecular formula is C16H34N4. The van der Waals surface area contributed by atoms with Crippen LogP contribution in [-0.2, 0) is 0 Å². The molecule has 0 unspecified atom stereocenters. The highest BCUT2D eigenvalue weighted by molar-refractivity contribution is 5.77. The Labute approximate surface area is 125 Å². The van der Waals surface area contributed by atoms with Crippen molar-refractivity contribution >= 4 is 5.96 Å². The Balaban J connectivity index is 2.05. The second-order valence-electron chi connectivity index (χ2n) is 6.03. The molecule has 0 bridgehead atoms. The highest BCUT2D eigenvalue weighted by Crippen LogP contribution is 2.21. The lowest BCUT2D eigenvalue weighted by molar-refractivity contribution is 0.194. The predicted octanol–water partition coefficient (Wildman–Crippen LogP) is 2.74. The topological polar surface area (TPSA) is 53.6 Å². The Morgan fingerprint density at radius 3 is 2.65 bits per heavy atom. The van der Waals surface area contributed by atoms with Crippen LogP contribution >= 0.6 is 0 Å². The van der Waals surface area contributed by atoms with Gasteiger partial charge in [0.25, 0.3) is 0 Å². The van der Waals surface area contributed by atoms with Crippen LogP contribution in [0, 0.1) is 0 Å². The summed E-state index contributed by atoms with van der Waals surface area (Å²) < 4.78 is 0. The smallest absolute Gasteiger partial charge is 0.188 e. The van der Waals surface area contributed by atoms with Gasteiger partial charge in [-0.1, -0.05) is 45.4 Å². The number of unbranched alkanes of at least 4 members (excludes halogenated alkanes) is 3. The van der Waals surface area contributed by atoms with Gasteiger partial charge in [-0.15, -0.1) is 0 Å². The minimum Gasteiger partial charge on any atom is -0.370 e. The van der Waals surface area contributed by atoms with Gasteiger partial charge in [0.2, 0.25) is 0 Å². The van der Waals surface area contributed by atoms with E-state index in [1.54, 1.807) is 0 Å². The van der Waals surface area contributed by atoms with Crippen LogP contribution < -0.4 is 11.1 Å². The van der Waals surface area contributed by atoms with Crippen LogP contribution in [0.4, 0.5) is 0 Å². The molecule has 0 saturated heterocycles. The summed E-state index contributed by atoms with van der Waals surface area (Å²) in [4.78, 5) is 6.84. The van der Waals surface area contributed by atoms with Gasteiger partial charge in [0.15, 0.2) is 5.96 Å². The van der Waals surface area contributed by atoms with Crippen LogP contribution in [-0.4, -0.2) is 43.6 Å². The highest BCUT2D eigenvalue weighted by Gasteiger charge is 2.17. The maximum atomic E-state index is 5.87. The number of likely N-dealkylation sites (N-methyl/N-ethyl adjacent to an activating group) is 1. The Morgan fingerprint density at radius 1 is 1.20 bits per heavy atom. The van der Waals surface area contributed by atoms with E-state index in [0.29, 0.717) is 5.96 Å². The average Bonchev–Trinajstić information content (AvgIpc) is 2.48. The van der Waals surface area contributed by atoms with E-state index in [-0.39, 0.29) is 0 Å². The molecule has 0 aliphatic heterocycles. The molecular weight excluding hydrogens is 248 g/mol. The summed E-state index contributed by atoms with van der Waals surface area (Å²) in [6, 6.07) is 0.776. The molecule has 0 atom stereocenters. The van der Waals surface area contributed by atoms with Crippen molar-refractivity contribution in [2.24, 2.45) is 10.7 Å². The van der Waals surface area contributed by atoms with Gasteiger partial charge in [-0.2, -0.15) is 0 Å². The number of aliphatic imine (C=N–C) groups is 1. The summed E-state index contributed by atoms with van der Waals surface area (Å²) in [5.74, 6) is 0.610. The Bertz CT molecular complexity index is 259. The van der Waals surface area contributed by atoms with Crippen LogP contribution in [0.1, 0.15) is 64.7 Å². The Morgan fingerprint density at radius 2 is 1.95 bits per heavy atom. The standard InChI is InChI=1S/C16H34N4/c1-3-4-5-9-12-18-16(17)19-13-14-20(2)15-10-7-6-8-11-15/h15H,3-14H2,1-2H3,(H3,17,18,19). The number of hydrogen-bond donors (Lipinski definition) is 2. The van der Waals surface area contributed by atoms with Gasteiger partial charge in [-0.3, -0.25) is 4.99 Å². The molecule has 1 fully saturated rings. The van der Waals surface area contributed by atoms with Gasteiger partial charge < -0.3 is 16.0 Å². The lowest BCUT2D eigenvalue weighted by atomic mass is 9.94. The molecule has 4 heteroatoms. The Hall–Kier alpha value is -0.770. The first-order valence-corrected chi connectivity index (χ1v) is 8.48. The van der Waals surface area contributed by atoms with E-state index in [0.717, 1.165) is 32.1 Å². The van der Waals surface area contributed by atoms with E-state index in [4.69, 9.17) is 5.73 Å². The first kappa shape index (κ1) is 17.3. The van der Waals surface area contributed by atoms with Crippen molar-refractivity contribution in [3.8, 4) is 0 Å². The summed E-state index contributed by atoms with van der Waals surface area (Å²) >= 11 is 0. The van der Waals surface area contributed by atoms with E-state index in [9.17, 15) is 0 Å².